The van der Waals surface area contributed by atoms with Gasteiger partial charge >= 0.3 is 0 Å². The van der Waals surface area contributed by atoms with Crippen LogP contribution in [-0.4, -0.2) is 23.8 Å². The molecule has 0 aromatic heterocycles. The van der Waals surface area contributed by atoms with Crippen LogP contribution >= 0.6 is 23.2 Å². The Kier molecular flexibility index (Phi) is 4.69. The molecule has 17 heavy (non-hydrogen) atoms. The number of rotatable bonds is 6. The second-order valence-corrected chi connectivity index (χ2v) is 5.45. The maximum Gasteiger partial charge on any atom is 0.0667 e. The maximum atomic E-state index is 9.80. The molecule has 1 unspecified atom stereocenters. The zero-order valence-corrected chi connectivity index (χ0v) is 11.1. The van der Waals surface area contributed by atoms with E-state index in [1.54, 1.807) is 6.07 Å². The van der Waals surface area contributed by atoms with Crippen molar-refractivity contribution in [2.75, 3.05) is 6.54 Å². The molecule has 1 atom stereocenters. The lowest BCUT2D eigenvalue weighted by molar-refractivity contribution is 0.161. The SMILES string of the molecule is OC(CCc1ccc(Cl)cc1Cl)CNC1CC1. The molecule has 0 radical (unpaired) electrons. The van der Waals surface area contributed by atoms with E-state index in [1.807, 2.05) is 12.1 Å². The van der Waals surface area contributed by atoms with Gasteiger partial charge in [0.25, 0.3) is 0 Å². The van der Waals surface area contributed by atoms with Gasteiger partial charge in [-0.25, -0.2) is 0 Å². The van der Waals surface area contributed by atoms with Crippen LogP contribution in [0.2, 0.25) is 10.0 Å². The van der Waals surface area contributed by atoms with Crippen LogP contribution in [-0.2, 0) is 6.42 Å². The van der Waals surface area contributed by atoms with Crippen molar-refractivity contribution in [3.05, 3.63) is 33.8 Å². The third-order valence-electron chi connectivity index (χ3n) is 2.98. The van der Waals surface area contributed by atoms with Crippen LogP contribution in [0.15, 0.2) is 18.2 Å². The van der Waals surface area contributed by atoms with Gasteiger partial charge in [-0.1, -0.05) is 29.3 Å². The zero-order chi connectivity index (χ0) is 12.3. The van der Waals surface area contributed by atoms with Gasteiger partial charge in [0.1, 0.15) is 0 Å². The third kappa shape index (κ3) is 4.47. The molecule has 2 rings (SSSR count). The Balaban J connectivity index is 1.75. The standard InChI is InChI=1S/C13H17Cl2NO/c14-10-3-1-9(13(15)7-10)2-6-12(17)8-16-11-4-5-11/h1,3,7,11-12,16-17H,2,4-6,8H2. The monoisotopic (exact) mass is 273 g/mol. The average molecular weight is 274 g/mol. The van der Waals surface area contributed by atoms with Gasteiger partial charge in [-0.05, 0) is 43.4 Å². The summed E-state index contributed by atoms with van der Waals surface area (Å²) in [5.41, 5.74) is 1.04. The molecular formula is C13H17Cl2NO. The summed E-state index contributed by atoms with van der Waals surface area (Å²) in [5.74, 6) is 0. The van der Waals surface area contributed by atoms with Crippen molar-refractivity contribution in [1.29, 1.82) is 0 Å². The van der Waals surface area contributed by atoms with Gasteiger partial charge in [-0.2, -0.15) is 0 Å². The minimum atomic E-state index is -0.303. The Bertz CT molecular complexity index is 380. The molecule has 2 N–H and O–H groups in total. The van der Waals surface area contributed by atoms with Crippen molar-refractivity contribution in [1.82, 2.24) is 5.32 Å². The molecule has 1 fully saturated rings. The highest BCUT2D eigenvalue weighted by molar-refractivity contribution is 6.35. The van der Waals surface area contributed by atoms with E-state index in [9.17, 15) is 5.11 Å². The number of aliphatic hydroxyl groups excluding tert-OH is 1. The van der Waals surface area contributed by atoms with Crippen molar-refractivity contribution in [3.8, 4) is 0 Å². The first-order valence-electron chi connectivity index (χ1n) is 6.00. The Labute approximate surface area is 112 Å². The van der Waals surface area contributed by atoms with Gasteiger partial charge in [0.15, 0.2) is 0 Å². The number of aliphatic hydroxyl groups is 1. The summed E-state index contributed by atoms with van der Waals surface area (Å²) in [7, 11) is 0. The number of halogens is 2. The largest absolute Gasteiger partial charge is 0.392 e. The zero-order valence-electron chi connectivity index (χ0n) is 9.63. The number of hydrogen-bond acceptors (Lipinski definition) is 2. The lowest BCUT2D eigenvalue weighted by atomic mass is 10.1. The molecule has 1 aromatic carbocycles. The van der Waals surface area contributed by atoms with Crippen molar-refractivity contribution >= 4 is 23.2 Å². The highest BCUT2D eigenvalue weighted by Gasteiger charge is 2.21. The molecule has 0 bridgehead atoms. The Morgan fingerprint density at radius 1 is 1.35 bits per heavy atom. The third-order valence-corrected chi connectivity index (χ3v) is 3.57. The molecule has 2 nitrogen and oxygen atoms in total. The van der Waals surface area contributed by atoms with Gasteiger partial charge < -0.3 is 10.4 Å². The van der Waals surface area contributed by atoms with E-state index in [0.29, 0.717) is 22.6 Å². The van der Waals surface area contributed by atoms with Gasteiger partial charge in [0.05, 0.1) is 6.10 Å². The first-order valence-corrected chi connectivity index (χ1v) is 6.76. The number of benzene rings is 1. The molecular weight excluding hydrogens is 257 g/mol. The molecule has 4 heteroatoms. The summed E-state index contributed by atoms with van der Waals surface area (Å²) in [6.45, 7) is 0.676. The van der Waals surface area contributed by atoms with E-state index in [4.69, 9.17) is 23.2 Å². The minimum Gasteiger partial charge on any atom is -0.392 e. The topological polar surface area (TPSA) is 32.3 Å². The molecule has 0 amide bonds. The molecule has 0 heterocycles. The fourth-order valence-corrected chi connectivity index (χ4v) is 2.24. The second kappa shape index (κ2) is 6.05. The summed E-state index contributed by atoms with van der Waals surface area (Å²) in [4.78, 5) is 0. The molecule has 0 aliphatic heterocycles. The summed E-state index contributed by atoms with van der Waals surface area (Å²) >= 11 is 11.9. The van der Waals surface area contributed by atoms with Crippen LogP contribution in [0.3, 0.4) is 0 Å². The summed E-state index contributed by atoms with van der Waals surface area (Å²) in [6, 6.07) is 6.14. The Morgan fingerprint density at radius 2 is 2.12 bits per heavy atom. The summed E-state index contributed by atoms with van der Waals surface area (Å²) in [5, 5.41) is 14.4. The predicted molar refractivity (Wildman–Crippen MR) is 71.8 cm³/mol. The molecule has 0 saturated heterocycles. The van der Waals surface area contributed by atoms with E-state index in [0.717, 1.165) is 18.4 Å². The van der Waals surface area contributed by atoms with Crippen molar-refractivity contribution in [3.63, 3.8) is 0 Å². The normalized spacial score (nSPS) is 17.1. The van der Waals surface area contributed by atoms with Gasteiger partial charge in [-0.15, -0.1) is 0 Å². The average Bonchev–Trinajstić information content (AvgIpc) is 3.09. The van der Waals surface area contributed by atoms with Crippen LogP contribution in [0, 0.1) is 0 Å². The van der Waals surface area contributed by atoms with E-state index in [1.165, 1.54) is 12.8 Å². The first kappa shape index (κ1) is 13.2. The lowest BCUT2D eigenvalue weighted by Crippen LogP contribution is -2.28. The molecule has 94 valence electrons. The first-order chi connectivity index (χ1) is 8.15. The van der Waals surface area contributed by atoms with Gasteiger partial charge in [-0.3, -0.25) is 0 Å². The molecule has 0 spiro atoms. The van der Waals surface area contributed by atoms with Crippen LogP contribution in [0.5, 0.6) is 0 Å². The van der Waals surface area contributed by atoms with Crippen LogP contribution < -0.4 is 5.32 Å². The quantitative estimate of drug-likeness (QED) is 0.835. The number of nitrogens with one attached hydrogen (secondary N) is 1. The number of hydrogen-bond donors (Lipinski definition) is 2. The van der Waals surface area contributed by atoms with Crippen LogP contribution in [0.1, 0.15) is 24.8 Å². The molecule has 1 aromatic rings. The molecule has 1 saturated carbocycles. The maximum absolute atomic E-state index is 9.80. The van der Waals surface area contributed by atoms with Gasteiger partial charge in [0, 0.05) is 22.6 Å². The summed E-state index contributed by atoms with van der Waals surface area (Å²) < 4.78 is 0. The smallest absolute Gasteiger partial charge is 0.0667 e. The van der Waals surface area contributed by atoms with Crippen LogP contribution in [0.25, 0.3) is 0 Å². The van der Waals surface area contributed by atoms with E-state index in [2.05, 4.69) is 5.32 Å². The summed E-state index contributed by atoms with van der Waals surface area (Å²) in [6.07, 6.45) is 3.69. The van der Waals surface area contributed by atoms with Crippen molar-refractivity contribution in [2.24, 2.45) is 0 Å². The lowest BCUT2D eigenvalue weighted by Gasteiger charge is -2.12. The Morgan fingerprint density at radius 3 is 2.76 bits per heavy atom. The van der Waals surface area contributed by atoms with Crippen LogP contribution in [0.4, 0.5) is 0 Å². The fourth-order valence-electron chi connectivity index (χ4n) is 1.74. The predicted octanol–water partition coefficient (Wildman–Crippen LogP) is 3.04. The fraction of sp³-hybridized carbons (Fsp3) is 0.538. The van der Waals surface area contributed by atoms with Gasteiger partial charge in [0.2, 0.25) is 0 Å². The van der Waals surface area contributed by atoms with Crippen molar-refractivity contribution in [2.45, 2.75) is 37.8 Å². The molecule has 1 aliphatic carbocycles. The minimum absolute atomic E-state index is 0.303. The highest BCUT2D eigenvalue weighted by atomic mass is 35.5. The van der Waals surface area contributed by atoms with E-state index in [-0.39, 0.29) is 6.10 Å². The Hall–Kier alpha value is -0.280. The highest BCUT2D eigenvalue weighted by Crippen LogP contribution is 2.22. The van der Waals surface area contributed by atoms with Crippen molar-refractivity contribution < 1.29 is 5.11 Å². The van der Waals surface area contributed by atoms with E-state index >= 15 is 0 Å². The number of aryl methyl sites for hydroxylation is 1. The van der Waals surface area contributed by atoms with E-state index < -0.39 is 0 Å². The second-order valence-electron chi connectivity index (χ2n) is 4.61. The molecule has 1 aliphatic rings.